The zero-order valence-electron chi connectivity index (χ0n) is 16.1. The molecule has 0 aliphatic heterocycles. The fraction of sp³-hybridized carbons (Fsp3) is 0.952. The highest BCUT2D eigenvalue weighted by molar-refractivity contribution is 5.49. The highest BCUT2D eigenvalue weighted by atomic mass is 16.1. The maximum Gasteiger partial charge on any atom is 0.120 e. The molecule has 0 amide bonds. The van der Waals surface area contributed by atoms with E-state index >= 15 is 0 Å². The summed E-state index contributed by atoms with van der Waals surface area (Å²) in [5, 5.41) is 0. The Morgan fingerprint density at radius 3 is 1.36 bits per heavy atom. The molecule has 0 heterocycles. The van der Waals surface area contributed by atoms with Crippen molar-refractivity contribution in [2.75, 3.05) is 0 Å². The van der Waals surface area contributed by atoms with E-state index in [0.717, 1.165) is 30.5 Å². The average Bonchev–Trinajstić information content (AvgIpc) is 2.47. The van der Waals surface area contributed by atoms with Crippen molar-refractivity contribution in [3.8, 4) is 0 Å². The van der Waals surface area contributed by atoms with Gasteiger partial charge in [0.05, 0.1) is 0 Å². The van der Waals surface area contributed by atoms with E-state index in [1.54, 1.807) is 0 Å². The van der Waals surface area contributed by atoms with Gasteiger partial charge in [0.15, 0.2) is 0 Å². The summed E-state index contributed by atoms with van der Waals surface area (Å²) in [4.78, 5) is 10.4. The summed E-state index contributed by atoms with van der Waals surface area (Å²) in [6.07, 6.45) is 15.4. The van der Waals surface area contributed by atoms with Gasteiger partial charge in [0.1, 0.15) is 6.29 Å². The van der Waals surface area contributed by atoms with Crippen LogP contribution in [0.3, 0.4) is 0 Å². The summed E-state index contributed by atoms with van der Waals surface area (Å²) in [6.45, 7) is 11.7. The summed E-state index contributed by atoms with van der Waals surface area (Å²) >= 11 is 0. The van der Waals surface area contributed by atoms with Gasteiger partial charge in [-0.25, -0.2) is 0 Å². The van der Waals surface area contributed by atoms with Crippen LogP contribution in [-0.2, 0) is 4.79 Å². The van der Waals surface area contributed by atoms with E-state index < -0.39 is 0 Å². The fourth-order valence-corrected chi connectivity index (χ4v) is 3.22. The van der Waals surface area contributed by atoms with Crippen molar-refractivity contribution in [2.45, 2.75) is 105 Å². The zero-order valence-corrected chi connectivity index (χ0v) is 16.1. The largest absolute Gasteiger partial charge is 0.303 e. The monoisotopic (exact) mass is 310 g/mol. The lowest BCUT2D eigenvalue weighted by Crippen LogP contribution is -2.02. The molecule has 4 atom stereocenters. The SMILES string of the molecule is CCC(C)CCCC(C)CCCC(C)CCCC(C)CC=O. The van der Waals surface area contributed by atoms with Gasteiger partial charge in [-0.15, -0.1) is 0 Å². The van der Waals surface area contributed by atoms with Gasteiger partial charge < -0.3 is 4.79 Å². The normalized spacial score (nSPS) is 17.0. The molecule has 0 bridgehead atoms. The molecular formula is C21H42O. The molecule has 22 heavy (non-hydrogen) atoms. The lowest BCUT2D eigenvalue weighted by atomic mass is 9.90. The Labute approximate surface area is 140 Å². The first-order chi connectivity index (χ1) is 10.5. The molecule has 0 spiro atoms. The van der Waals surface area contributed by atoms with Crippen LogP contribution in [0.15, 0.2) is 0 Å². The van der Waals surface area contributed by atoms with Crippen molar-refractivity contribution in [3.05, 3.63) is 0 Å². The van der Waals surface area contributed by atoms with E-state index in [-0.39, 0.29) is 0 Å². The third-order valence-corrected chi connectivity index (χ3v) is 5.38. The molecule has 1 heteroatoms. The first-order valence-corrected chi connectivity index (χ1v) is 9.93. The van der Waals surface area contributed by atoms with Gasteiger partial charge in [-0.3, -0.25) is 0 Å². The molecular weight excluding hydrogens is 268 g/mol. The van der Waals surface area contributed by atoms with Crippen molar-refractivity contribution in [1.82, 2.24) is 0 Å². The summed E-state index contributed by atoms with van der Waals surface area (Å²) in [6, 6.07) is 0. The van der Waals surface area contributed by atoms with Crippen LogP contribution in [0.5, 0.6) is 0 Å². The second-order valence-corrected chi connectivity index (χ2v) is 8.02. The average molecular weight is 311 g/mol. The molecule has 132 valence electrons. The topological polar surface area (TPSA) is 17.1 Å². The van der Waals surface area contributed by atoms with E-state index in [4.69, 9.17) is 0 Å². The number of hydrogen-bond acceptors (Lipinski definition) is 1. The summed E-state index contributed by atoms with van der Waals surface area (Å²) in [7, 11) is 0. The maximum atomic E-state index is 10.4. The van der Waals surface area contributed by atoms with Crippen molar-refractivity contribution in [3.63, 3.8) is 0 Å². The van der Waals surface area contributed by atoms with Gasteiger partial charge >= 0.3 is 0 Å². The molecule has 0 aliphatic carbocycles. The van der Waals surface area contributed by atoms with E-state index in [2.05, 4.69) is 34.6 Å². The third kappa shape index (κ3) is 13.3. The summed E-state index contributed by atoms with van der Waals surface area (Å²) < 4.78 is 0. The number of rotatable bonds is 15. The summed E-state index contributed by atoms with van der Waals surface area (Å²) in [5.41, 5.74) is 0. The van der Waals surface area contributed by atoms with Crippen LogP contribution in [0, 0.1) is 23.7 Å². The lowest BCUT2D eigenvalue weighted by Gasteiger charge is -2.16. The minimum Gasteiger partial charge on any atom is -0.303 e. The Hall–Kier alpha value is -0.330. The van der Waals surface area contributed by atoms with Gasteiger partial charge in [-0.05, 0) is 23.7 Å². The van der Waals surface area contributed by atoms with E-state index in [1.165, 1.54) is 64.2 Å². The van der Waals surface area contributed by atoms with Gasteiger partial charge in [-0.2, -0.15) is 0 Å². The molecule has 0 saturated carbocycles. The van der Waals surface area contributed by atoms with Gasteiger partial charge in [0.25, 0.3) is 0 Å². The van der Waals surface area contributed by atoms with Gasteiger partial charge in [0, 0.05) is 6.42 Å². The van der Waals surface area contributed by atoms with E-state index in [9.17, 15) is 4.79 Å². The highest BCUT2D eigenvalue weighted by Gasteiger charge is 2.08. The Kier molecular flexibility index (Phi) is 14.1. The Balaban J connectivity index is 3.50. The number of hydrogen-bond donors (Lipinski definition) is 0. The predicted octanol–water partition coefficient (Wildman–Crippen LogP) is 7.04. The molecule has 0 N–H and O–H groups in total. The molecule has 0 radical (unpaired) electrons. The lowest BCUT2D eigenvalue weighted by molar-refractivity contribution is -0.108. The van der Waals surface area contributed by atoms with Crippen LogP contribution < -0.4 is 0 Å². The summed E-state index contributed by atoms with van der Waals surface area (Å²) in [5.74, 6) is 3.25. The molecule has 0 saturated heterocycles. The Bertz CT molecular complexity index is 248. The van der Waals surface area contributed by atoms with Crippen molar-refractivity contribution in [1.29, 1.82) is 0 Å². The maximum absolute atomic E-state index is 10.4. The quantitative estimate of drug-likeness (QED) is 0.296. The van der Waals surface area contributed by atoms with Crippen LogP contribution in [0.4, 0.5) is 0 Å². The highest BCUT2D eigenvalue weighted by Crippen LogP contribution is 2.22. The van der Waals surface area contributed by atoms with Gasteiger partial charge in [-0.1, -0.05) is 98.8 Å². The first kappa shape index (κ1) is 21.7. The van der Waals surface area contributed by atoms with Gasteiger partial charge in [0.2, 0.25) is 0 Å². The van der Waals surface area contributed by atoms with Crippen LogP contribution in [0.25, 0.3) is 0 Å². The standard InChI is InChI=1S/C21H42O/c1-6-18(2)10-7-11-19(3)12-8-13-20(4)14-9-15-21(5)16-17-22/h17-21H,6-16H2,1-5H3. The molecule has 4 unspecified atom stereocenters. The minimum atomic E-state index is 0.579. The smallest absolute Gasteiger partial charge is 0.120 e. The number of carbonyl (C=O) groups is 1. The number of aldehydes is 1. The zero-order chi connectivity index (χ0) is 16.8. The third-order valence-electron chi connectivity index (χ3n) is 5.38. The van der Waals surface area contributed by atoms with Crippen molar-refractivity contribution in [2.24, 2.45) is 23.7 Å². The van der Waals surface area contributed by atoms with Crippen molar-refractivity contribution >= 4 is 6.29 Å². The minimum absolute atomic E-state index is 0.579. The molecule has 0 aromatic carbocycles. The fourth-order valence-electron chi connectivity index (χ4n) is 3.22. The van der Waals surface area contributed by atoms with Crippen LogP contribution in [0.1, 0.15) is 105 Å². The molecule has 0 aromatic heterocycles. The molecule has 0 aromatic rings. The molecule has 0 rings (SSSR count). The Morgan fingerprint density at radius 2 is 1.00 bits per heavy atom. The van der Waals surface area contributed by atoms with Crippen LogP contribution in [-0.4, -0.2) is 6.29 Å². The number of carbonyl (C=O) groups excluding carboxylic acids is 1. The van der Waals surface area contributed by atoms with E-state index in [1.807, 2.05) is 0 Å². The predicted molar refractivity (Wildman–Crippen MR) is 99.2 cm³/mol. The molecule has 0 aliphatic rings. The second-order valence-electron chi connectivity index (χ2n) is 8.02. The van der Waals surface area contributed by atoms with E-state index in [0.29, 0.717) is 5.92 Å². The molecule has 1 nitrogen and oxygen atoms in total. The van der Waals surface area contributed by atoms with Crippen LogP contribution >= 0.6 is 0 Å². The molecule has 0 fully saturated rings. The first-order valence-electron chi connectivity index (χ1n) is 9.93. The Morgan fingerprint density at radius 1 is 0.636 bits per heavy atom. The van der Waals surface area contributed by atoms with Crippen molar-refractivity contribution < 1.29 is 4.79 Å². The van der Waals surface area contributed by atoms with Crippen LogP contribution in [0.2, 0.25) is 0 Å². The second kappa shape index (κ2) is 14.3.